The van der Waals surface area contributed by atoms with Crippen molar-refractivity contribution >= 4 is 17.6 Å². The molecule has 132 valence electrons. The molecule has 0 saturated heterocycles. The van der Waals surface area contributed by atoms with E-state index in [0.717, 1.165) is 18.6 Å². The number of hydrogen-bond acceptors (Lipinski definition) is 4. The topological polar surface area (TPSA) is 64.6 Å². The zero-order valence-corrected chi connectivity index (χ0v) is 13.6. The zero-order chi connectivity index (χ0) is 18.2. The molecule has 1 amide bonds. The highest BCUT2D eigenvalue weighted by Gasteiger charge is 2.12. The molecule has 0 radical (unpaired) electrons. The van der Waals surface area contributed by atoms with E-state index in [1.165, 1.54) is 12.1 Å². The fraction of sp³-hybridized carbons (Fsp3) is 0.222. The first-order chi connectivity index (χ1) is 12.0. The van der Waals surface area contributed by atoms with Gasteiger partial charge >= 0.3 is 5.97 Å². The zero-order valence-electron chi connectivity index (χ0n) is 13.6. The Morgan fingerprint density at radius 1 is 1.08 bits per heavy atom. The van der Waals surface area contributed by atoms with Gasteiger partial charge in [-0.05, 0) is 42.8 Å². The molecule has 25 heavy (non-hydrogen) atoms. The Labute approximate surface area is 143 Å². The number of rotatable bonds is 7. The molecule has 1 N–H and O–H groups in total. The van der Waals surface area contributed by atoms with Crippen molar-refractivity contribution in [2.45, 2.75) is 13.3 Å². The van der Waals surface area contributed by atoms with Crippen molar-refractivity contribution in [3.05, 3.63) is 59.7 Å². The fourth-order valence-electron chi connectivity index (χ4n) is 1.90. The average Bonchev–Trinajstić information content (AvgIpc) is 2.60. The lowest BCUT2D eigenvalue weighted by atomic mass is 10.2. The highest BCUT2D eigenvalue weighted by Crippen LogP contribution is 2.15. The van der Waals surface area contributed by atoms with Gasteiger partial charge in [0.15, 0.2) is 6.61 Å². The number of nitrogens with one attached hydrogen (secondary N) is 1. The van der Waals surface area contributed by atoms with Gasteiger partial charge in [0.25, 0.3) is 5.91 Å². The highest BCUT2D eigenvalue weighted by molar-refractivity contribution is 5.95. The van der Waals surface area contributed by atoms with Crippen molar-refractivity contribution in [3.63, 3.8) is 0 Å². The maximum atomic E-state index is 13.4. The van der Waals surface area contributed by atoms with E-state index in [9.17, 15) is 18.4 Å². The Hall–Kier alpha value is -2.96. The molecular formula is C18H17F2NO4. The summed E-state index contributed by atoms with van der Waals surface area (Å²) in [5.74, 6) is -2.47. The molecule has 0 fully saturated rings. The Morgan fingerprint density at radius 2 is 1.80 bits per heavy atom. The number of carbonyl (C=O) groups excluding carboxylic acids is 2. The third-order valence-electron chi connectivity index (χ3n) is 3.10. The van der Waals surface area contributed by atoms with Crippen LogP contribution in [0.4, 0.5) is 14.5 Å². The van der Waals surface area contributed by atoms with Gasteiger partial charge in [0.2, 0.25) is 0 Å². The van der Waals surface area contributed by atoms with Crippen LogP contribution < -0.4 is 10.1 Å². The SMILES string of the molecule is CCCOc1ccc(C(=O)OCC(=O)Nc2ccc(F)cc2F)cc1. The summed E-state index contributed by atoms with van der Waals surface area (Å²) in [4.78, 5) is 23.6. The first kappa shape index (κ1) is 18.4. The van der Waals surface area contributed by atoms with Crippen molar-refractivity contribution in [2.24, 2.45) is 0 Å². The van der Waals surface area contributed by atoms with Crippen molar-refractivity contribution in [1.82, 2.24) is 0 Å². The molecule has 2 rings (SSSR count). The second kappa shape index (κ2) is 8.77. The summed E-state index contributed by atoms with van der Waals surface area (Å²) in [5.41, 5.74) is 0.0597. The van der Waals surface area contributed by atoms with Gasteiger partial charge in [0.05, 0.1) is 17.9 Å². The van der Waals surface area contributed by atoms with E-state index < -0.39 is 30.1 Å². The number of amides is 1. The Bertz CT molecular complexity index is 747. The highest BCUT2D eigenvalue weighted by atomic mass is 19.1. The van der Waals surface area contributed by atoms with Crippen LogP contribution in [-0.2, 0) is 9.53 Å². The molecule has 2 aromatic carbocycles. The van der Waals surface area contributed by atoms with Crippen LogP contribution in [0.3, 0.4) is 0 Å². The Balaban J connectivity index is 1.85. The molecule has 0 aliphatic heterocycles. The predicted molar refractivity (Wildman–Crippen MR) is 87.5 cm³/mol. The van der Waals surface area contributed by atoms with Crippen LogP contribution in [0.1, 0.15) is 23.7 Å². The fourth-order valence-corrected chi connectivity index (χ4v) is 1.90. The van der Waals surface area contributed by atoms with Crippen LogP contribution in [-0.4, -0.2) is 25.1 Å². The second-order valence-electron chi connectivity index (χ2n) is 5.12. The van der Waals surface area contributed by atoms with Crippen LogP contribution in [0.5, 0.6) is 5.75 Å². The number of hydrogen-bond donors (Lipinski definition) is 1. The van der Waals surface area contributed by atoms with Crippen molar-refractivity contribution in [2.75, 3.05) is 18.5 Å². The van der Waals surface area contributed by atoms with E-state index in [2.05, 4.69) is 5.32 Å². The summed E-state index contributed by atoms with van der Waals surface area (Å²) in [7, 11) is 0. The minimum atomic E-state index is -0.914. The molecule has 0 aromatic heterocycles. The largest absolute Gasteiger partial charge is 0.494 e. The molecular weight excluding hydrogens is 332 g/mol. The first-order valence-electron chi connectivity index (χ1n) is 7.64. The Morgan fingerprint density at radius 3 is 2.44 bits per heavy atom. The van der Waals surface area contributed by atoms with Crippen molar-refractivity contribution < 1.29 is 27.8 Å². The van der Waals surface area contributed by atoms with Crippen molar-refractivity contribution in [1.29, 1.82) is 0 Å². The summed E-state index contributed by atoms with van der Waals surface area (Å²) in [6.07, 6.45) is 0.869. The number of ether oxygens (including phenoxy) is 2. The lowest BCUT2D eigenvalue weighted by molar-refractivity contribution is -0.119. The van der Waals surface area contributed by atoms with Crippen LogP contribution in [0.25, 0.3) is 0 Å². The third-order valence-corrected chi connectivity index (χ3v) is 3.10. The minimum absolute atomic E-state index is 0.195. The van der Waals surface area contributed by atoms with Gasteiger partial charge in [-0.2, -0.15) is 0 Å². The maximum absolute atomic E-state index is 13.4. The standard InChI is InChI=1S/C18H17F2NO4/c1-2-9-24-14-6-3-12(4-7-14)18(23)25-11-17(22)21-16-8-5-13(19)10-15(16)20/h3-8,10H,2,9,11H2,1H3,(H,21,22). The first-order valence-corrected chi connectivity index (χ1v) is 7.64. The average molecular weight is 349 g/mol. The van der Waals surface area contributed by atoms with Crippen LogP contribution >= 0.6 is 0 Å². The molecule has 0 heterocycles. The van der Waals surface area contributed by atoms with Gasteiger partial charge in [-0.15, -0.1) is 0 Å². The van der Waals surface area contributed by atoms with E-state index in [0.29, 0.717) is 18.4 Å². The summed E-state index contributed by atoms with van der Waals surface area (Å²) in [5, 5.41) is 2.20. The Kier molecular flexibility index (Phi) is 6.45. The van der Waals surface area contributed by atoms with Crippen LogP contribution in [0.15, 0.2) is 42.5 Å². The van der Waals surface area contributed by atoms with E-state index in [1.54, 1.807) is 12.1 Å². The summed E-state index contributed by atoms with van der Waals surface area (Å²) >= 11 is 0. The molecule has 0 saturated carbocycles. The van der Waals surface area contributed by atoms with Gasteiger partial charge in [-0.25, -0.2) is 13.6 Å². The van der Waals surface area contributed by atoms with Gasteiger partial charge in [-0.1, -0.05) is 6.92 Å². The summed E-state index contributed by atoms with van der Waals surface area (Å²) in [6, 6.07) is 9.02. The molecule has 0 unspecified atom stereocenters. The molecule has 0 atom stereocenters. The van der Waals surface area contributed by atoms with E-state index in [-0.39, 0.29) is 11.3 Å². The third kappa shape index (κ3) is 5.56. The quantitative estimate of drug-likeness (QED) is 0.777. The van der Waals surface area contributed by atoms with Gasteiger partial charge in [-0.3, -0.25) is 4.79 Å². The molecule has 7 heteroatoms. The number of carbonyl (C=O) groups is 2. The summed E-state index contributed by atoms with van der Waals surface area (Å²) < 4.78 is 36.5. The molecule has 5 nitrogen and oxygen atoms in total. The van der Waals surface area contributed by atoms with E-state index >= 15 is 0 Å². The molecule has 0 aliphatic rings. The van der Waals surface area contributed by atoms with Crippen LogP contribution in [0, 0.1) is 11.6 Å². The normalized spacial score (nSPS) is 10.2. The van der Waals surface area contributed by atoms with Gasteiger partial charge < -0.3 is 14.8 Å². The van der Waals surface area contributed by atoms with E-state index in [1.807, 2.05) is 6.92 Å². The van der Waals surface area contributed by atoms with Gasteiger partial charge in [0.1, 0.15) is 17.4 Å². The number of benzene rings is 2. The molecule has 0 aliphatic carbocycles. The minimum Gasteiger partial charge on any atom is -0.494 e. The van der Waals surface area contributed by atoms with Gasteiger partial charge in [0, 0.05) is 6.07 Å². The van der Waals surface area contributed by atoms with E-state index in [4.69, 9.17) is 9.47 Å². The number of anilines is 1. The number of halogens is 2. The molecule has 0 bridgehead atoms. The monoisotopic (exact) mass is 349 g/mol. The smallest absolute Gasteiger partial charge is 0.338 e. The second-order valence-corrected chi connectivity index (χ2v) is 5.12. The molecule has 2 aromatic rings. The number of esters is 1. The predicted octanol–water partition coefficient (Wildman–Crippen LogP) is 3.55. The molecule has 0 spiro atoms. The van der Waals surface area contributed by atoms with Crippen molar-refractivity contribution in [3.8, 4) is 5.75 Å². The maximum Gasteiger partial charge on any atom is 0.338 e. The lowest BCUT2D eigenvalue weighted by Gasteiger charge is -2.08. The van der Waals surface area contributed by atoms with Crippen LogP contribution in [0.2, 0.25) is 0 Å². The summed E-state index contributed by atoms with van der Waals surface area (Å²) in [6.45, 7) is 1.96. The lowest BCUT2D eigenvalue weighted by Crippen LogP contribution is -2.21.